The van der Waals surface area contributed by atoms with E-state index < -0.39 is 6.10 Å². The van der Waals surface area contributed by atoms with E-state index in [1.54, 1.807) is 0 Å². The summed E-state index contributed by atoms with van der Waals surface area (Å²) in [5, 5.41) is 19.4. The van der Waals surface area contributed by atoms with Gasteiger partial charge in [-0.3, -0.25) is 0 Å². The van der Waals surface area contributed by atoms with Gasteiger partial charge < -0.3 is 19.7 Å². The van der Waals surface area contributed by atoms with Gasteiger partial charge in [-0.2, -0.15) is 0 Å². The van der Waals surface area contributed by atoms with Crippen molar-refractivity contribution in [3.05, 3.63) is 23.3 Å². The van der Waals surface area contributed by atoms with Crippen LogP contribution in [0.5, 0.6) is 11.5 Å². The SMILES string of the molecule is CCCCCC(O)c1cc2c(cc1CCCCCO)OCO2. The molecule has 1 unspecified atom stereocenters. The molecule has 4 heteroatoms. The Morgan fingerprint density at radius 1 is 1.05 bits per heavy atom. The molecule has 0 spiro atoms. The highest BCUT2D eigenvalue weighted by Gasteiger charge is 2.20. The van der Waals surface area contributed by atoms with Gasteiger partial charge in [-0.15, -0.1) is 0 Å². The van der Waals surface area contributed by atoms with Gasteiger partial charge in [0, 0.05) is 6.61 Å². The summed E-state index contributed by atoms with van der Waals surface area (Å²) in [7, 11) is 0. The maximum Gasteiger partial charge on any atom is 0.231 e. The number of aliphatic hydroxyl groups is 2. The molecular weight excluding hydrogens is 280 g/mol. The first-order chi connectivity index (χ1) is 10.8. The predicted molar refractivity (Wildman–Crippen MR) is 86.3 cm³/mol. The molecule has 0 saturated heterocycles. The lowest BCUT2D eigenvalue weighted by molar-refractivity contribution is 0.161. The summed E-state index contributed by atoms with van der Waals surface area (Å²) in [5.74, 6) is 1.52. The van der Waals surface area contributed by atoms with Gasteiger partial charge >= 0.3 is 0 Å². The summed E-state index contributed by atoms with van der Waals surface area (Å²) >= 11 is 0. The number of benzene rings is 1. The minimum Gasteiger partial charge on any atom is -0.454 e. The van der Waals surface area contributed by atoms with Crippen LogP contribution in [0.2, 0.25) is 0 Å². The van der Waals surface area contributed by atoms with E-state index in [2.05, 4.69) is 6.92 Å². The van der Waals surface area contributed by atoms with Gasteiger partial charge in [-0.1, -0.05) is 32.6 Å². The number of rotatable bonds is 10. The highest BCUT2D eigenvalue weighted by molar-refractivity contribution is 5.49. The predicted octanol–water partition coefficient (Wildman–Crippen LogP) is 3.73. The van der Waals surface area contributed by atoms with Crippen LogP contribution in [0.3, 0.4) is 0 Å². The molecule has 0 aromatic heterocycles. The van der Waals surface area contributed by atoms with Gasteiger partial charge in [0.05, 0.1) is 6.10 Å². The van der Waals surface area contributed by atoms with E-state index in [4.69, 9.17) is 14.6 Å². The summed E-state index contributed by atoms with van der Waals surface area (Å²) < 4.78 is 10.9. The lowest BCUT2D eigenvalue weighted by Crippen LogP contribution is -2.03. The first kappa shape index (κ1) is 17.1. The summed E-state index contributed by atoms with van der Waals surface area (Å²) in [6.45, 7) is 2.67. The van der Waals surface area contributed by atoms with Crippen molar-refractivity contribution in [2.45, 2.75) is 64.4 Å². The van der Waals surface area contributed by atoms with E-state index in [-0.39, 0.29) is 13.4 Å². The van der Waals surface area contributed by atoms with Crippen LogP contribution in [0, 0.1) is 0 Å². The fourth-order valence-electron chi connectivity index (χ4n) is 2.87. The van der Waals surface area contributed by atoms with Crippen LogP contribution in [0.4, 0.5) is 0 Å². The molecule has 0 amide bonds. The molecule has 1 atom stereocenters. The second kappa shape index (κ2) is 9.01. The van der Waals surface area contributed by atoms with E-state index >= 15 is 0 Å². The third-order valence-electron chi connectivity index (χ3n) is 4.18. The van der Waals surface area contributed by atoms with Crippen molar-refractivity contribution in [3.8, 4) is 11.5 Å². The maximum absolute atomic E-state index is 10.5. The molecule has 1 heterocycles. The molecule has 22 heavy (non-hydrogen) atoms. The highest BCUT2D eigenvalue weighted by Crippen LogP contribution is 2.38. The lowest BCUT2D eigenvalue weighted by atomic mass is 9.94. The van der Waals surface area contributed by atoms with E-state index in [1.807, 2.05) is 12.1 Å². The van der Waals surface area contributed by atoms with Crippen LogP contribution in [0.1, 0.15) is 69.1 Å². The molecule has 0 fully saturated rings. The highest BCUT2D eigenvalue weighted by atomic mass is 16.7. The number of unbranched alkanes of at least 4 members (excludes halogenated alkanes) is 4. The number of fused-ring (bicyclic) bond motifs is 1. The van der Waals surface area contributed by atoms with Gasteiger partial charge in [0.1, 0.15) is 0 Å². The Balaban J connectivity index is 2.07. The van der Waals surface area contributed by atoms with E-state index in [1.165, 1.54) is 0 Å². The molecule has 0 saturated carbocycles. The van der Waals surface area contributed by atoms with Crippen LogP contribution in [-0.2, 0) is 6.42 Å². The molecule has 0 aliphatic carbocycles. The van der Waals surface area contributed by atoms with E-state index in [0.717, 1.165) is 74.0 Å². The minimum atomic E-state index is -0.436. The zero-order valence-corrected chi connectivity index (χ0v) is 13.5. The average molecular weight is 308 g/mol. The topological polar surface area (TPSA) is 58.9 Å². The van der Waals surface area contributed by atoms with Gasteiger partial charge in [0.15, 0.2) is 11.5 Å². The number of aryl methyl sites for hydroxylation is 1. The van der Waals surface area contributed by atoms with Gasteiger partial charge in [0.2, 0.25) is 6.79 Å². The molecule has 2 N–H and O–H groups in total. The van der Waals surface area contributed by atoms with Gasteiger partial charge in [0.25, 0.3) is 0 Å². The quantitative estimate of drug-likeness (QED) is 0.647. The molecule has 1 aromatic rings. The lowest BCUT2D eigenvalue weighted by Gasteiger charge is -2.16. The Kier molecular flexibility index (Phi) is 7.00. The molecule has 1 aromatic carbocycles. The van der Waals surface area contributed by atoms with Crippen molar-refractivity contribution in [1.29, 1.82) is 0 Å². The van der Waals surface area contributed by atoms with E-state index in [9.17, 15) is 5.11 Å². The van der Waals surface area contributed by atoms with Gasteiger partial charge in [-0.25, -0.2) is 0 Å². The third-order valence-corrected chi connectivity index (χ3v) is 4.18. The monoisotopic (exact) mass is 308 g/mol. The van der Waals surface area contributed by atoms with Crippen molar-refractivity contribution in [2.24, 2.45) is 0 Å². The summed E-state index contributed by atoms with van der Waals surface area (Å²) in [6, 6.07) is 3.96. The van der Waals surface area contributed by atoms with Crippen molar-refractivity contribution < 1.29 is 19.7 Å². The van der Waals surface area contributed by atoms with Crippen LogP contribution >= 0.6 is 0 Å². The molecule has 0 radical (unpaired) electrons. The molecule has 1 aliphatic heterocycles. The number of aliphatic hydroxyl groups excluding tert-OH is 2. The Morgan fingerprint density at radius 3 is 2.55 bits per heavy atom. The van der Waals surface area contributed by atoms with Gasteiger partial charge in [-0.05, 0) is 48.9 Å². The summed E-state index contributed by atoms with van der Waals surface area (Å²) in [5.41, 5.74) is 2.12. The molecule has 2 rings (SSSR count). The molecule has 0 bridgehead atoms. The largest absolute Gasteiger partial charge is 0.454 e. The van der Waals surface area contributed by atoms with Crippen LogP contribution in [0.15, 0.2) is 12.1 Å². The number of ether oxygens (including phenoxy) is 2. The first-order valence-corrected chi connectivity index (χ1v) is 8.47. The second-order valence-electron chi connectivity index (χ2n) is 5.95. The average Bonchev–Trinajstić information content (AvgIpc) is 2.98. The number of hydrogen-bond acceptors (Lipinski definition) is 4. The second-order valence-corrected chi connectivity index (χ2v) is 5.95. The fourth-order valence-corrected chi connectivity index (χ4v) is 2.87. The van der Waals surface area contributed by atoms with E-state index in [0.29, 0.717) is 0 Å². The first-order valence-electron chi connectivity index (χ1n) is 8.47. The minimum absolute atomic E-state index is 0.244. The van der Waals surface area contributed by atoms with Crippen LogP contribution < -0.4 is 9.47 Å². The smallest absolute Gasteiger partial charge is 0.231 e. The van der Waals surface area contributed by atoms with Crippen molar-refractivity contribution in [3.63, 3.8) is 0 Å². The van der Waals surface area contributed by atoms with Crippen molar-refractivity contribution >= 4 is 0 Å². The molecular formula is C18H28O4. The number of hydrogen-bond donors (Lipinski definition) is 2. The normalized spacial score (nSPS) is 14.3. The Bertz CT molecular complexity index is 459. The molecule has 1 aliphatic rings. The third kappa shape index (κ3) is 4.62. The maximum atomic E-state index is 10.5. The fraction of sp³-hybridized carbons (Fsp3) is 0.667. The van der Waals surface area contributed by atoms with Crippen LogP contribution in [-0.4, -0.2) is 23.6 Å². The summed E-state index contributed by atoms with van der Waals surface area (Å²) in [6.07, 6.45) is 7.43. The summed E-state index contributed by atoms with van der Waals surface area (Å²) in [4.78, 5) is 0. The zero-order valence-electron chi connectivity index (χ0n) is 13.5. The molecule has 4 nitrogen and oxygen atoms in total. The Morgan fingerprint density at radius 2 is 1.82 bits per heavy atom. The van der Waals surface area contributed by atoms with Crippen LogP contribution in [0.25, 0.3) is 0 Å². The molecule has 124 valence electrons. The Hall–Kier alpha value is -1.26. The van der Waals surface area contributed by atoms with Crippen molar-refractivity contribution in [1.82, 2.24) is 0 Å². The standard InChI is InChI=1S/C18H28O4/c1-2-3-5-9-16(20)15-12-18-17(21-13-22-18)11-14(15)8-6-4-7-10-19/h11-12,16,19-20H,2-10,13H2,1H3. The zero-order chi connectivity index (χ0) is 15.8. The van der Waals surface area contributed by atoms with Crippen molar-refractivity contribution in [2.75, 3.05) is 13.4 Å². The Labute approximate surface area is 133 Å².